The molecular weight excluding hydrogens is 292 g/mol. The van der Waals surface area contributed by atoms with Gasteiger partial charge in [0.25, 0.3) is 0 Å². The third-order valence-corrected chi connectivity index (χ3v) is 4.48. The van der Waals surface area contributed by atoms with Crippen LogP contribution in [0.4, 0.5) is 0 Å². The van der Waals surface area contributed by atoms with Crippen LogP contribution in [-0.2, 0) is 9.53 Å². The van der Waals surface area contributed by atoms with Gasteiger partial charge in [0.15, 0.2) is 0 Å². The smallest absolute Gasteiger partial charge is 0.333 e. The summed E-state index contributed by atoms with van der Waals surface area (Å²) in [7, 11) is 0. The zero-order valence-corrected chi connectivity index (χ0v) is 14.5. The van der Waals surface area contributed by atoms with Gasteiger partial charge in [0.1, 0.15) is 0 Å². The van der Waals surface area contributed by atoms with Crippen LogP contribution in [0.2, 0.25) is 0 Å². The Balaban J connectivity index is 1.82. The van der Waals surface area contributed by atoms with Gasteiger partial charge in [-0.05, 0) is 37.7 Å². The minimum atomic E-state index is -0.268. The molecule has 0 aromatic heterocycles. The van der Waals surface area contributed by atoms with Crippen molar-refractivity contribution in [1.29, 1.82) is 0 Å². The standard InChI is InChI=1S/C19H28O2S/c1-17(2)19(20)21-15-11-6-4-3-5-7-12-16-22-18-13-9-8-10-14-18/h8-10,13-14H,1,3-7,11-12,15-16H2,2H3. The van der Waals surface area contributed by atoms with E-state index in [2.05, 4.69) is 36.9 Å². The van der Waals surface area contributed by atoms with Gasteiger partial charge in [0.05, 0.1) is 6.61 Å². The van der Waals surface area contributed by atoms with Crippen LogP contribution in [0.25, 0.3) is 0 Å². The van der Waals surface area contributed by atoms with E-state index in [9.17, 15) is 4.79 Å². The molecule has 1 rings (SSSR count). The number of benzene rings is 1. The fourth-order valence-electron chi connectivity index (χ4n) is 2.08. The first kappa shape index (κ1) is 18.8. The lowest BCUT2D eigenvalue weighted by molar-refractivity contribution is -0.139. The number of hydrogen-bond donors (Lipinski definition) is 0. The van der Waals surface area contributed by atoms with Crippen molar-refractivity contribution in [1.82, 2.24) is 0 Å². The van der Waals surface area contributed by atoms with E-state index >= 15 is 0 Å². The van der Waals surface area contributed by atoms with Crippen molar-refractivity contribution in [3.8, 4) is 0 Å². The summed E-state index contributed by atoms with van der Waals surface area (Å²) < 4.78 is 5.06. The average molecular weight is 320 g/mol. The minimum Gasteiger partial charge on any atom is -0.462 e. The number of esters is 1. The molecule has 0 aliphatic heterocycles. The molecule has 0 saturated carbocycles. The summed E-state index contributed by atoms with van der Waals surface area (Å²) in [5, 5.41) is 0. The molecule has 0 spiro atoms. The van der Waals surface area contributed by atoms with E-state index in [-0.39, 0.29) is 5.97 Å². The van der Waals surface area contributed by atoms with Crippen molar-refractivity contribution in [3.63, 3.8) is 0 Å². The Morgan fingerprint density at radius 1 is 1.00 bits per heavy atom. The Morgan fingerprint density at radius 3 is 2.23 bits per heavy atom. The predicted molar refractivity (Wildman–Crippen MR) is 95.3 cm³/mol. The van der Waals surface area contributed by atoms with Gasteiger partial charge in [-0.25, -0.2) is 4.79 Å². The molecular formula is C19H28O2S. The van der Waals surface area contributed by atoms with E-state index in [1.165, 1.54) is 42.8 Å². The molecule has 0 unspecified atom stereocenters. The highest BCUT2D eigenvalue weighted by molar-refractivity contribution is 7.99. The van der Waals surface area contributed by atoms with Crippen molar-refractivity contribution >= 4 is 17.7 Å². The summed E-state index contributed by atoms with van der Waals surface area (Å²) in [5.41, 5.74) is 0.480. The van der Waals surface area contributed by atoms with Gasteiger partial charge in [-0.3, -0.25) is 0 Å². The second-order valence-corrected chi connectivity index (χ2v) is 6.72. The topological polar surface area (TPSA) is 26.3 Å². The second kappa shape index (κ2) is 12.3. The fourth-order valence-corrected chi connectivity index (χ4v) is 3.02. The van der Waals surface area contributed by atoms with Crippen LogP contribution in [-0.4, -0.2) is 18.3 Å². The lowest BCUT2D eigenvalue weighted by Crippen LogP contribution is -2.05. The Morgan fingerprint density at radius 2 is 1.59 bits per heavy atom. The zero-order chi connectivity index (χ0) is 16.0. The molecule has 0 N–H and O–H groups in total. The van der Waals surface area contributed by atoms with Gasteiger partial charge in [0.2, 0.25) is 0 Å². The lowest BCUT2D eigenvalue weighted by atomic mass is 10.1. The molecule has 0 saturated heterocycles. The largest absolute Gasteiger partial charge is 0.462 e. The summed E-state index contributed by atoms with van der Waals surface area (Å²) in [6, 6.07) is 10.6. The maximum absolute atomic E-state index is 11.2. The monoisotopic (exact) mass is 320 g/mol. The number of thioether (sulfide) groups is 1. The van der Waals surface area contributed by atoms with Crippen molar-refractivity contribution in [2.45, 2.75) is 56.8 Å². The maximum atomic E-state index is 11.2. The van der Waals surface area contributed by atoms with Crippen LogP contribution in [0.3, 0.4) is 0 Å². The number of hydrogen-bond acceptors (Lipinski definition) is 3. The summed E-state index contributed by atoms with van der Waals surface area (Å²) in [4.78, 5) is 12.5. The number of carbonyl (C=O) groups is 1. The number of carbonyl (C=O) groups excluding carboxylic acids is 1. The van der Waals surface area contributed by atoms with Gasteiger partial charge in [0, 0.05) is 10.5 Å². The maximum Gasteiger partial charge on any atom is 0.333 e. The Hall–Kier alpha value is -1.22. The molecule has 0 fully saturated rings. The quantitative estimate of drug-likeness (QED) is 0.216. The summed E-state index contributed by atoms with van der Waals surface area (Å²) >= 11 is 1.94. The number of unbranched alkanes of at least 4 members (excludes halogenated alkanes) is 6. The molecule has 0 bridgehead atoms. The first-order chi connectivity index (χ1) is 10.7. The van der Waals surface area contributed by atoms with Crippen LogP contribution in [0, 0.1) is 0 Å². The highest BCUT2D eigenvalue weighted by atomic mass is 32.2. The lowest BCUT2D eigenvalue weighted by Gasteiger charge is -2.04. The molecule has 0 atom stereocenters. The molecule has 3 heteroatoms. The van der Waals surface area contributed by atoms with Gasteiger partial charge >= 0.3 is 5.97 Å². The van der Waals surface area contributed by atoms with Crippen LogP contribution in [0.1, 0.15) is 51.9 Å². The van der Waals surface area contributed by atoms with E-state index in [1.807, 2.05) is 11.8 Å². The predicted octanol–water partition coefficient (Wildman–Crippen LogP) is 5.63. The molecule has 0 aliphatic carbocycles. The van der Waals surface area contributed by atoms with Gasteiger partial charge in [-0.2, -0.15) is 0 Å². The molecule has 122 valence electrons. The Labute approximate surface area is 139 Å². The van der Waals surface area contributed by atoms with E-state index < -0.39 is 0 Å². The Bertz CT molecular complexity index is 428. The fraction of sp³-hybridized carbons (Fsp3) is 0.526. The second-order valence-electron chi connectivity index (χ2n) is 5.55. The van der Waals surface area contributed by atoms with E-state index in [0.717, 1.165) is 12.8 Å². The summed E-state index contributed by atoms with van der Waals surface area (Å²) in [6.45, 7) is 5.77. The first-order valence-electron chi connectivity index (χ1n) is 8.20. The highest BCUT2D eigenvalue weighted by Gasteiger charge is 2.01. The molecule has 0 amide bonds. The van der Waals surface area contributed by atoms with Gasteiger partial charge < -0.3 is 4.74 Å². The number of rotatable bonds is 12. The SMILES string of the molecule is C=C(C)C(=O)OCCCCCCCCCSc1ccccc1. The van der Waals surface area contributed by atoms with E-state index in [1.54, 1.807) is 6.92 Å². The molecule has 2 nitrogen and oxygen atoms in total. The van der Waals surface area contributed by atoms with Crippen molar-refractivity contribution in [3.05, 3.63) is 42.5 Å². The molecule has 0 heterocycles. The van der Waals surface area contributed by atoms with Crippen LogP contribution in [0.15, 0.2) is 47.4 Å². The first-order valence-corrected chi connectivity index (χ1v) is 9.19. The van der Waals surface area contributed by atoms with Crippen molar-refractivity contribution in [2.75, 3.05) is 12.4 Å². The van der Waals surface area contributed by atoms with Gasteiger partial charge in [-0.1, -0.05) is 56.9 Å². The van der Waals surface area contributed by atoms with E-state index in [0.29, 0.717) is 12.2 Å². The summed E-state index contributed by atoms with van der Waals surface area (Å²) in [6.07, 6.45) is 8.52. The van der Waals surface area contributed by atoms with Crippen molar-refractivity contribution < 1.29 is 9.53 Å². The number of ether oxygens (including phenoxy) is 1. The van der Waals surface area contributed by atoms with E-state index in [4.69, 9.17) is 4.74 Å². The van der Waals surface area contributed by atoms with Crippen LogP contribution < -0.4 is 0 Å². The molecule has 1 aromatic rings. The summed E-state index contributed by atoms with van der Waals surface area (Å²) in [5.74, 6) is 0.942. The van der Waals surface area contributed by atoms with Crippen LogP contribution >= 0.6 is 11.8 Å². The molecule has 0 aliphatic rings. The zero-order valence-electron chi connectivity index (χ0n) is 13.7. The Kier molecular flexibility index (Phi) is 10.6. The normalized spacial score (nSPS) is 10.4. The molecule has 1 aromatic carbocycles. The van der Waals surface area contributed by atoms with Crippen LogP contribution in [0.5, 0.6) is 0 Å². The minimum absolute atomic E-state index is 0.268. The third kappa shape index (κ3) is 9.67. The molecule has 22 heavy (non-hydrogen) atoms. The highest BCUT2D eigenvalue weighted by Crippen LogP contribution is 2.19. The van der Waals surface area contributed by atoms with Crippen molar-refractivity contribution in [2.24, 2.45) is 0 Å². The van der Waals surface area contributed by atoms with Gasteiger partial charge in [-0.15, -0.1) is 11.8 Å². The average Bonchev–Trinajstić information content (AvgIpc) is 2.53. The molecule has 0 radical (unpaired) electrons. The third-order valence-electron chi connectivity index (χ3n) is 3.38.